The molecule has 1 aliphatic rings. The number of anilines is 2. The van der Waals surface area contributed by atoms with Gasteiger partial charge in [-0.2, -0.15) is 4.98 Å². The lowest BCUT2D eigenvalue weighted by molar-refractivity contribution is -0.122. The number of aryl methyl sites for hydroxylation is 2. The van der Waals surface area contributed by atoms with E-state index in [1.807, 2.05) is 19.1 Å². The molecule has 0 aliphatic carbocycles. The van der Waals surface area contributed by atoms with Crippen molar-refractivity contribution in [2.45, 2.75) is 20.3 Å². The van der Waals surface area contributed by atoms with Gasteiger partial charge in [0, 0.05) is 35.5 Å². The fourth-order valence-corrected chi connectivity index (χ4v) is 4.21. The van der Waals surface area contributed by atoms with Crippen molar-refractivity contribution in [3.05, 3.63) is 46.1 Å². The molecule has 0 saturated carbocycles. The first kappa shape index (κ1) is 18.6. The summed E-state index contributed by atoms with van der Waals surface area (Å²) < 4.78 is 5.01. The number of hydrogen-bond acceptors (Lipinski definition) is 6. The van der Waals surface area contributed by atoms with E-state index in [0.29, 0.717) is 34.7 Å². The minimum Gasteiger partial charge on any atom is -0.339 e. The third-order valence-electron chi connectivity index (χ3n) is 4.54. The Morgan fingerprint density at radius 2 is 2.18 bits per heavy atom. The number of rotatable bonds is 4. The quantitative estimate of drug-likeness (QED) is 0.692. The second-order valence-electron chi connectivity index (χ2n) is 6.59. The standard InChI is InChI=1S/C19H17ClN4O3S/c1-10-15(8-16(28-10)18-21-11(2)27-23-18)22-19(26)12-6-17(25)24(9-12)14-5-3-4-13(20)7-14/h3-5,7-8,12H,6,9H2,1-2H3,(H,22,26). The minimum atomic E-state index is -0.429. The van der Waals surface area contributed by atoms with Crippen LogP contribution in [-0.4, -0.2) is 28.5 Å². The number of carbonyl (C=O) groups excluding carboxylic acids is 2. The van der Waals surface area contributed by atoms with E-state index in [2.05, 4.69) is 15.5 Å². The molecule has 3 aromatic rings. The Bertz CT molecular complexity index is 1060. The molecule has 2 aromatic heterocycles. The summed E-state index contributed by atoms with van der Waals surface area (Å²) in [5.74, 6) is 0.273. The molecule has 1 atom stereocenters. The number of halogens is 1. The highest BCUT2D eigenvalue weighted by Gasteiger charge is 2.35. The van der Waals surface area contributed by atoms with Crippen molar-refractivity contribution in [3.8, 4) is 10.7 Å². The van der Waals surface area contributed by atoms with Crippen LogP contribution in [0.2, 0.25) is 5.02 Å². The molecule has 144 valence electrons. The minimum absolute atomic E-state index is 0.0904. The fraction of sp³-hybridized carbons (Fsp3) is 0.263. The molecular formula is C19H17ClN4O3S. The Morgan fingerprint density at radius 1 is 1.36 bits per heavy atom. The van der Waals surface area contributed by atoms with E-state index in [4.69, 9.17) is 16.1 Å². The first-order valence-corrected chi connectivity index (χ1v) is 9.88. The number of hydrogen-bond donors (Lipinski definition) is 1. The van der Waals surface area contributed by atoms with Gasteiger partial charge in [-0.1, -0.05) is 22.8 Å². The van der Waals surface area contributed by atoms with Gasteiger partial charge in [0.1, 0.15) is 0 Å². The maximum atomic E-state index is 12.7. The summed E-state index contributed by atoms with van der Waals surface area (Å²) in [4.78, 5) is 32.7. The van der Waals surface area contributed by atoms with Crippen molar-refractivity contribution in [1.29, 1.82) is 0 Å². The second-order valence-corrected chi connectivity index (χ2v) is 8.28. The van der Waals surface area contributed by atoms with Crippen LogP contribution >= 0.6 is 22.9 Å². The van der Waals surface area contributed by atoms with Gasteiger partial charge in [-0.05, 0) is 31.2 Å². The lowest BCUT2D eigenvalue weighted by Gasteiger charge is -2.17. The van der Waals surface area contributed by atoms with E-state index in [1.54, 1.807) is 30.0 Å². The average Bonchev–Trinajstić information content (AvgIpc) is 3.34. The summed E-state index contributed by atoms with van der Waals surface area (Å²) in [6.45, 7) is 3.96. The third kappa shape index (κ3) is 3.65. The van der Waals surface area contributed by atoms with Crippen molar-refractivity contribution in [2.24, 2.45) is 5.92 Å². The van der Waals surface area contributed by atoms with Crippen molar-refractivity contribution in [1.82, 2.24) is 10.1 Å². The van der Waals surface area contributed by atoms with Gasteiger partial charge < -0.3 is 14.7 Å². The molecule has 3 heterocycles. The molecule has 7 nitrogen and oxygen atoms in total. The Balaban J connectivity index is 1.47. The van der Waals surface area contributed by atoms with Crippen LogP contribution in [0.5, 0.6) is 0 Å². The average molecular weight is 417 g/mol. The first-order valence-electron chi connectivity index (χ1n) is 8.68. The van der Waals surface area contributed by atoms with E-state index in [9.17, 15) is 9.59 Å². The van der Waals surface area contributed by atoms with Gasteiger partial charge in [-0.25, -0.2) is 0 Å². The first-order chi connectivity index (χ1) is 13.4. The predicted octanol–water partition coefficient (Wildman–Crippen LogP) is 4.06. The highest BCUT2D eigenvalue weighted by molar-refractivity contribution is 7.16. The van der Waals surface area contributed by atoms with Crippen molar-refractivity contribution in [3.63, 3.8) is 0 Å². The lowest BCUT2D eigenvalue weighted by atomic mass is 10.1. The lowest BCUT2D eigenvalue weighted by Crippen LogP contribution is -2.28. The van der Waals surface area contributed by atoms with Gasteiger partial charge in [0.15, 0.2) is 0 Å². The monoisotopic (exact) mass is 416 g/mol. The van der Waals surface area contributed by atoms with Crippen LogP contribution in [0.4, 0.5) is 11.4 Å². The number of thiophene rings is 1. The largest absolute Gasteiger partial charge is 0.339 e. The van der Waals surface area contributed by atoms with Gasteiger partial charge in [0.2, 0.25) is 23.5 Å². The maximum absolute atomic E-state index is 12.7. The van der Waals surface area contributed by atoms with Crippen LogP contribution in [0.15, 0.2) is 34.9 Å². The molecular weight excluding hydrogens is 400 g/mol. The van der Waals surface area contributed by atoms with E-state index in [1.165, 1.54) is 11.3 Å². The summed E-state index contributed by atoms with van der Waals surface area (Å²) >= 11 is 7.49. The zero-order chi connectivity index (χ0) is 19.8. The van der Waals surface area contributed by atoms with Gasteiger partial charge in [-0.15, -0.1) is 11.3 Å². The molecule has 0 bridgehead atoms. The van der Waals surface area contributed by atoms with E-state index in [0.717, 1.165) is 9.75 Å². The number of amides is 2. The zero-order valence-electron chi connectivity index (χ0n) is 15.2. The zero-order valence-corrected chi connectivity index (χ0v) is 16.8. The highest BCUT2D eigenvalue weighted by Crippen LogP contribution is 2.34. The molecule has 4 rings (SSSR count). The van der Waals surface area contributed by atoms with Gasteiger partial charge in [0.05, 0.1) is 16.5 Å². The molecule has 0 radical (unpaired) electrons. The molecule has 9 heteroatoms. The second kappa shape index (κ2) is 7.37. The predicted molar refractivity (Wildman–Crippen MR) is 108 cm³/mol. The smallest absolute Gasteiger partial charge is 0.229 e. The molecule has 1 aromatic carbocycles. The van der Waals surface area contributed by atoms with Crippen LogP contribution in [0.25, 0.3) is 10.7 Å². The molecule has 1 fully saturated rings. The molecule has 2 amide bonds. The summed E-state index contributed by atoms with van der Waals surface area (Å²) in [5.41, 5.74) is 1.40. The third-order valence-corrected chi connectivity index (χ3v) is 5.82. The van der Waals surface area contributed by atoms with Crippen LogP contribution in [-0.2, 0) is 9.59 Å². The highest BCUT2D eigenvalue weighted by atomic mass is 35.5. The Kier molecular flexibility index (Phi) is 4.91. The number of nitrogens with zero attached hydrogens (tertiary/aromatic N) is 3. The number of aromatic nitrogens is 2. The van der Waals surface area contributed by atoms with E-state index < -0.39 is 5.92 Å². The fourth-order valence-electron chi connectivity index (χ4n) is 3.13. The molecule has 1 unspecified atom stereocenters. The summed E-state index contributed by atoms with van der Waals surface area (Å²) in [7, 11) is 0. The molecule has 28 heavy (non-hydrogen) atoms. The topological polar surface area (TPSA) is 88.3 Å². The number of benzene rings is 1. The summed E-state index contributed by atoms with van der Waals surface area (Å²) in [5, 5.41) is 7.39. The molecule has 0 spiro atoms. The maximum Gasteiger partial charge on any atom is 0.229 e. The van der Waals surface area contributed by atoms with Crippen molar-refractivity contribution < 1.29 is 14.1 Å². The molecule has 1 saturated heterocycles. The Labute approximate surface area is 170 Å². The van der Waals surface area contributed by atoms with E-state index in [-0.39, 0.29) is 18.2 Å². The van der Waals surface area contributed by atoms with Crippen LogP contribution in [0, 0.1) is 19.8 Å². The summed E-state index contributed by atoms with van der Waals surface area (Å²) in [6, 6.07) is 8.90. The van der Waals surface area contributed by atoms with Gasteiger partial charge >= 0.3 is 0 Å². The number of carbonyl (C=O) groups is 2. The Morgan fingerprint density at radius 3 is 2.89 bits per heavy atom. The summed E-state index contributed by atoms with van der Waals surface area (Å²) in [6.07, 6.45) is 0.165. The number of nitrogens with one attached hydrogen (secondary N) is 1. The van der Waals surface area contributed by atoms with Crippen molar-refractivity contribution >= 4 is 46.1 Å². The van der Waals surface area contributed by atoms with Crippen LogP contribution in [0.3, 0.4) is 0 Å². The molecule has 1 N–H and O–H groups in total. The van der Waals surface area contributed by atoms with Gasteiger partial charge in [0.25, 0.3) is 0 Å². The molecule has 1 aliphatic heterocycles. The van der Waals surface area contributed by atoms with Crippen LogP contribution < -0.4 is 10.2 Å². The van der Waals surface area contributed by atoms with Crippen molar-refractivity contribution in [2.75, 3.05) is 16.8 Å². The SMILES string of the molecule is Cc1nc(-c2cc(NC(=O)C3CC(=O)N(c4cccc(Cl)c4)C3)c(C)s2)no1. The van der Waals surface area contributed by atoms with E-state index >= 15 is 0 Å². The Hall–Kier alpha value is -2.71. The van der Waals surface area contributed by atoms with Crippen LogP contribution in [0.1, 0.15) is 17.2 Å². The normalized spacial score (nSPS) is 16.6. The van der Waals surface area contributed by atoms with Gasteiger partial charge in [-0.3, -0.25) is 9.59 Å².